The molecule has 3 aliphatic rings. The predicted molar refractivity (Wildman–Crippen MR) is 256 cm³/mol. The smallest absolute Gasteiger partial charge is 0.510 e. The standard InChI is InChI=1S/C30H30N2.C26H23N4.Ru/c1-30(2)17-15-24(16-18-30)22-11-13-23(14-12-22)26-20-27(25-8-5-4-6-9-25)31-28(21-26)29-10-7-19-32(29)3;1-27-12-14-29(19-27)25-16-24(17-26(18-25)30-15-13-28(2)20-30)23-10-8-22(9-11-23)21-6-4-3-5-7-21;/h4-8,11-14,19-21,24H,15-18H2,1-3H3;3-17,19-20H,1-2H3;/q-2;-3;+5. The van der Waals surface area contributed by atoms with E-state index in [0.717, 1.165) is 39.6 Å². The summed E-state index contributed by atoms with van der Waals surface area (Å²) >= 11 is 0. The van der Waals surface area contributed by atoms with Gasteiger partial charge in [0.25, 0.3) is 0 Å². The van der Waals surface area contributed by atoms with Crippen LogP contribution < -0.4 is 9.80 Å². The predicted octanol–water partition coefficient (Wildman–Crippen LogP) is 13.2. The van der Waals surface area contributed by atoms with E-state index >= 15 is 0 Å². The number of anilines is 2. The van der Waals surface area contributed by atoms with E-state index in [2.05, 4.69) is 150 Å². The SMILES string of the molecule is CN1C=CN(c2[c-]c(N3C=CN(C)[CH-]3)cc(-c3ccc(-c4ccccc4)cc3)c2)[CH-]1.Cn1cc[c-]c1-c1cc(-c2ccc(C3CCC(C)(C)CC3)cc2)cc(-c2[c-]cccc2)n1.[Ru+5]. The molecule has 1 radical (unpaired) electrons. The summed E-state index contributed by atoms with van der Waals surface area (Å²) in [7, 11) is 6.08. The molecule has 63 heavy (non-hydrogen) atoms. The molecule has 0 bridgehead atoms. The molecule has 315 valence electrons. The molecule has 0 saturated heterocycles. The molecule has 7 aromatic rings. The van der Waals surface area contributed by atoms with Gasteiger partial charge in [-0.25, -0.2) is 0 Å². The van der Waals surface area contributed by atoms with Crippen LogP contribution in [-0.2, 0) is 26.5 Å². The Morgan fingerprint density at radius 3 is 1.65 bits per heavy atom. The first-order chi connectivity index (χ1) is 30.1. The van der Waals surface area contributed by atoms with Crippen LogP contribution in [0.3, 0.4) is 0 Å². The molecule has 5 aromatic carbocycles. The van der Waals surface area contributed by atoms with Crippen molar-refractivity contribution in [2.75, 3.05) is 23.9 Å². The zero-order valence-corrected chi connectivity index (χ0v) is 38.4. The summed E-state index contributed by atoms with van der Waals surface area (Å²) < 4.78 is 2.07. The van der Waals surface area contributed by atoms with E-state index in [9.17, 15) is 0 Å². The summed E-state index contributed by atoms with van der Waals surface area (Å²) in [5.74, 6) is 0.692. The topological polar surface area (TPSA) is 30.8 Å². The maximum atomic E-state index is 4.95. The largest absolute Gasteiger partial charge is 5.00 e. The average Bonchev–Trinajstić information content (AvgIpc) is 4.08. The number of pyridine rings is 1. The molecule has 10 rings (SSSR count). The number of rotatable bonds is 8. The molecule has 7 heteroatoms. The first-order valence-corrected chi connectivity index (χ1v) is 21.6. The second kappa shape index (κ2) is 19.1. The van der Waals surface area contributed by atoms with E-state index < -0.39 is 0 Å². The molecule has 0 unspecified atom stereocenters. The Labute approximate surface area is 387 Å². The number of benzene rings is 5. The van der Waals surface area contributed by atoms with Gasteiger partial charge >= 0.3 is 19.5 Å². The summed E-state index contributed by atoms with van der Waals surface area (Å²) in [6.45, 7) is 8.90. The van der Waals surface area contributed by atoms with E-state index in [1.165, 1.54) is 59.1 Å². The Balaban J connectivity index is 0.000000170. The second-order valence-corrected chi connectivity index (χ2v) is 17.4. The molecule has 0 amide bonds. The molecular weight excluding hydrogens is 858 g/mol. The van der Waals surface area contributed by atoms with E-state index in [4.69, 9.17) is 4.98 Å². The van der Waals surface area contributed by atoms with Gasteiger partial charge in [0.1, 0.15) is 0 Å². The molecule has 4 heterocycles. The average molecular weight is 911 g/mol. The van der Waals surface area contributed by atoms with Crippen molar-refractivity contribution in [1.82, 2.24) is 19.4 Å². The minimum absolute atomic E-state index is 0. The first kappa shape index (κ1) is 43.5. The fraction of sp³-hybridized carbons (Fsp3) is 0.196. The van der Waals surface area contributed by atoms with E-state index in [1.54, 1.807) is 0 Å². The van der Waals surface area contributed by atoms with Gasteiger partial charge in [-0.05, 0) is 128 Å². The molecule has 2 aliphatic heterocycles. The van der Waals surface area contributed by atoms with Crippen LogP contribution in [0.5, 0.6) is 0 Å². The minimum Gasteiger partial charge on any atom is -0.510 e. The van der Waals surface area contributed by atoms with Gasteiger partial charge in [-0.2, -0.15) is 25.5 Å². The summed E-state index contributed by atoms with van der Waals surface area (Å²) in [6.07, 6.45) is 15.4. The van der Waals surface area contributed by atoms with Crippen LogP contribution in [-0.4, -0.2) is 33.4 Å². The molecule has 6 nitrogen and oxygen atoms in total. The Morgan fingerprint density at radius 2 is 1.11 bits per heavy atom. The molecule has 0 spiro atoms. The number of hydrogen-bond donors (Lipinski definition) is 0. The number of hydrogen-bond acceptors (Lipinski definition) is 5. The van der Waals surface area contributed by atoms with Crippen LogP contribution in [0.2, 0.25) is 0 Å². The van der Waals surface area contributed by atoms with Crippen molar-refractivity contribution in [3.05, 3.63) is 202 Å². The molecule has 1 aliphatic carbocycles. The Bertz CT molecular complexity index is 2610. The maximum Gasteiger partial charge on any atom is 5.00 e. The van der Waals surface area contributed by atoms with E-state index in [0.29, 0.717) is 11.3 Å². The zero-order valence-electron chi connectivity index (χ0n) is 36.7. The van der Waals surface area contributed by atoms with Crippen LogP contribution in [0.1, 0.15) is 51.0 Å². The third-order valence-corrected chi connectivity index (χ3v) is 12.2. The van der Waals surface area contributed by atoms with Crippen molar-refractivity contribution < 1.29 is 19.5 Å². The Morgan fingerprint density at radius 1 is 0.571 bits per heavy atom. The summed E-state index contributed by atoms with van der Waals surface area (Å²) in [5, 5.41) is 0. The third kappa shape index (κ3) is 10.2. The van der Waals surface area contributed by atoms with E-state index in [-0.39, 0.29) is 19.5 Å². The molecular formula is C56H53N6Ru. The quantitative estimate of drug-likeness (QED) is 0.112. The van der Waals surface area contributed by atoms with Crippen LogP contribution in [0.15, 0.2) is 164 Å². The van der Waals surface area contributed by atoms with Crippen molar-refractivity contribution in [1.29, 1.82) is 0 Å². The Kier molecular flexibility index (Phi) is 13.2. The molecule has 1 fully saturated rings. The van der Waals surface area contributed by atoms with Gasteiger partial charge in [0.2, 0.25) is 0 Å². The van der Waals surface area contributed by atoms with Crippen molar-refractivity contribution in [3.8, 4) is 56.0 Å². The van der Waals surface area contributed by atoms with Crippen molar-refractivity contribution >= 4 is 11.4 Å². The zero-order chi connectivity index (χ0) is 42.6. The molecule has 0 N–H and O–H groups in total. The van der Waals surface area contributed by atoms with Crippen LogP contribution >= 0.6 is 0 Å². The minimum atomic E-state index is 0. The number of nitrogens with zero attached hydrogens (tertiary/aromatic N) is 6. The second-order valence-electron chi connectivity index (χ2n) is 17.4. The van der Waals surface area contributed by atoms with E-state index in [1.807, 2.05) is 106 Å². The molecule has 1 saturated carbocycles. The summed E-state index contributed by atoms with van der Waals surface area (Å²) in [5.41, 5.74) is 15.0. The third-order valence-electron chi connectivity index (χ3n) is 12.2. The van der Waals surface area contributed by atoms with Gasteiger partial charge in [0, 0.05) is 0 Å². The normalized spacial score (nSPS) is 15.6. The fourth-order valence-electron chi connectivity index (χ4n) is 8.50. The van der Waals surface area contributed by atoms with Crippen LogP contribution in [0, 0.1) is 37.0 Å². The van der Waals surface area contributed by atoms with Gasteiger partial charge in [-0.3, -0.25) is 0 Å². The number of aryl methyl sites for hydroxylation is 1. The van der Waals surface area contributed by atoms with Gasteiger partial charge in [-0.1, -0.05) is 117 Å². The van der Waals surface area contributed by atoms with Crippen molar-refractivity contribution in [3.63, 3.8) is 0 Å². The first-order valence-electron chi connectivity index (χ1n) is 21.6. The van der Waals surface area contributed by atoms with Gasteiger partial charge < -0.3 is 29.2 Å². The van der Waals surface area contributed by atoms with Gasteiger partial charge in [0.15, 0.2) is 0 Å². The monoisotopic (exact) mass is 911 g/mol. The van der Waals surface area contributed by atoms with Crippen LogP contribution in [0.4, 0.5) is 11.4 Å². The Hall–Kier alpha value is -6.17. The maximum absolute atomic E-state index is 4.95. The molecule has 2 aromatic heterocycles. The summed E-state index contributed by atoms with van der Waals surface area (Å²) in [6, 6.07) is 57.4. The summed E-state index contributed by atoms with van der Waals surface area (Å²) in [4.78, 5) is 13.2. The van der Waals surface area contributed by atoms with Crippen molar-refractivity contribution in [2.24, 2.45) is 12.5 Å². The molecule has 0 atom stereocenters. The van der Waals surface area contributed by atoms with Gasteiger partial charge in [0.05, 0.1) is 0 Å². The van der Waals surface area contributed by atoms with Crippen LogP contribution in [0.25, 0.3) is 56.0 Å². The number of aromatic nitrogens is 2. The van der Waals surface area contributed by atoms with Gasteiger partial charge in [-0.15, -0.1) is 71.0 Å². The fourth-order valence-corrected chi connectivity index (χ4v) is 8.50. The van der Waals surface area contributed by atoms with Crippen molar-refractivity contribution in [2.45, 2.75) is 45.4 Å².